The predicted molar refractivity (Wildman–Crippen MR) is 129 cm³/mol. The standard InChI is InChI=1S/C26H23N3O6/c1-10-22(31)23(32)24(33)26(35-10)29-16-7-6-11(30)8-13(16)18-19-14(9-27-25(19)34)17-12-4-2-3-5-15(12)28-20(17)21(18)29/h2-8,10,22-24,26,28,30-33H,9H2,1H3,(H,27,34)/t10-,22-,23+,24+,26?/m0/s1. The fourth-order valence-electron chi connectivity index (χ4n) is 5.90. The molecule has 0 aliphatic carbocycles. The van der Waals surface area contributed by atoms with E-state index in [0.717, 1.165) is 27.4 Å². The quantitative estimate of drug-likeness (QED) is 0.221. The van der Waals surface area contributed by atoms with Crippen molar-refractivity contribution in [3.8, 4) is 5.75 Å². The summed E-state index contributed by atoms with van der Waals surface area (Å²) < 4.78 is 7.84. The number of rotatable bonds is 1. The Morgan fingerprint density at radius 1 is 1.00 bits per heavy atom. The van der Waals surface area contributed by atoms with Crippen LogP contribution in [-0.2, 0) is 11.3 Å². The van der Waals surface area contributed by atoms with Crippen LogP contribution in [0.25, 0.3) is 43.6 Å². The van der Waals surface area contributed by atoms with Crippen molar-refractivity contribution in [3.05, 3.63) is 53.6 Å². The highest BCUT2D eigenvalue weighted by atomic mass is 16.5. The summed E-state index contributed by atoms with van der Waals surface area (Å²) in [5.74, 6) is -0.178. The van der Waals surface area contributed by atoms with Gasteiger partial charge in [0.2, 0.25) is 0 Å². The highest BCUT2D eigenvalue weighted by Crippen LogP contribution is 2.46. The van der Waals surface area contributed by atoms with Crippen LogP contribution in [0.5, 0.6) is 5.75 Å². The number of fused-ring (bicyclic) bond motifs is 10. The van der Waals surface area contributed by atoms with Gasteiger partial charge in [0.1, 0.15) is 24.1 Å². The highest BCUT2D eigenvalue weighted by molar-refractivity contribution is 6.30. The number of aromatic nitrogens is 2. The zero-order valence-corrected chi connectivity index (χ0v) is 18.7. The van der Waals surface area contributed by atoms with Crippen molar-refractivity contribution in [2.24, 2.45) is 0 Å². The third-order valence-corrected chi connectivity index (χ3v) is 7.52. The molecular weight excluding hydrogens is 450 g/mol. The second-order valence-electron chi connectivity index (χ2n) is 9.46. The molecule has 0 bridgehead atoms. The van der Waals surface area contributed by atoms with Gasteiger partial charge in [-0.15, -0.1) is 0 Å². The molecule has 2 aromatic heterocycles. The van der Waals surface area contributed by atoms with Crippen molar-refractivity contribution >= 4 is 49.5 Å². The summed E-state index contributed by atoms with van der Waals surface area (Å²) in [5, 5.41) is 48.3. The van der Waals surface area contributed by atoms with Gasteiger partial charge in [-0.3, -0.25) is 4.79 Å². The van der Waals surface area contributed by atoms with Gasteiger partial charge >= 0.3 is 0 Å². The molecule has 4 heterocycles. The summed E-state index contributed by atoms with van der Waals surface area (Å²) in [5.41, 5.74) is 4.27. The lowest BCUT2D eigenvalue weighted by atomic mass is 9.96. The normalized spacial score (nSPS) is 26.7. The van der Waals surface area contributed by atoms with Crippen molar-refractivity contribution in [1.29, 1.82) is 0 Å². The number of aliphatic hydroxyl groups is 3. The van der Waals surface area contributed by atoms with Crippen LogP contribution in [0.15, 0.2) is 42.5 Å². The first-order valence-corrected chi connectivity index (χ1v) is 11.6. The van der Waals surface area contributed by atoms with E-state index in [0.29, 0.717) is 33.9 Å². The molecule has 0 spiro atoms. The lowest BCUT2D eigenvalue weighted by Gasteiger charge is -2.40. The summed E-state index contributed by atoms with van der Waals surface area (Å²) >= 11 is 0. The number of aromatic hydroxyl groups is 1. The van der Waals surface area contributed by atoms with Crippen LogP contribution >= 0.6 is 0 Å². The molecule has 1 saturated heterocycles. The number of para-hydroxylation sites is 1. The zero-order valence-electron chi connectivity index (χ0n) is 18.7. The Labute approximate surface area is 198 Å². The molecule has 35 heavy (non-hydrogen) atoms. The fraction of sp³-hybridized carbons (Fsp3) is 0.269. The summed E-state index contributed by atoms with van der Waals surface area (Å²) in [6, 6.07) is 12.7. The molecule has 2 aliphatic rings. The minimum Gasteiger partial charge on any atom is -0.508 e. The Bertz CT molecular complexity index is 1700. The van der Waals surface area contributed by atoms with E-state index < -0.39 is 30.6 Å². The number of H-pyrrole nitrogens is 1. The number of aromatic amines is 1. The molecule has 7 rings (SSSR count). The summed E-state index contributed by atoms with van der Waals surface area (Å²) in [6.07, 6.45) is -5.91. The molecule has 9 heteroatoms. The Balaban J connectivity index is 1.71. The van der Waals surface area contributed by atoms with Crippen LogP contribution in [0.3, 0.4) is 0 Å². The fourth-order valence-corrected chi connectivity index (χ4v) is 5.90. The molecular formula is C26H23N3O6. The third kappa shape index (κ3) is 2.58. The largest absolute Gasteiger partial charge is 0.508 e. The van der Waals surface area contributed by atoms with Crippen LogP contribution in [0.1, 0.15) is 29.1 Å². The van der Waals surface area contributed by atoms with Gasteiger partial charge in [0.05, 0.1) is 28.2 Å². The number of hydrogen-bond donors (Lipinski definition) is 6. The van der Waals surface area contributed by atoms with Gasteiger partial charge in [0.15, 0.2) is 6.23 Å². The van der Waals surface area contributed by atoms with E-state index in [2.05, 4.69) is 10.3 Å². The van der Waals surface area contributed by atoms with Gasteiger partial charge in [-0.2, -0.15) is 0 Å². The Kier molecular flexibility index (Phi) is 4.12. The van der Waals surface area contributed by atoms with Gasteiger partial charge in [0, 0.05) is 33.6 Å². The lowest BCUT2D eigenvalue weighted by Crippen LogP contribution is -2.54. The Morgan fingerprint density at radius 3 is 2.63 bits per heavy atom. The van der Waals surface area contributed by atoms with Crippen molar-refractivity contribution in [2.45, 2.75) is 44.1 Å². The number of nitrogens with one attached hydrogen (secondary N) is 2. The van der Waals surface area contributed by atoms with Crippen LogP contribution in [0, 0.1) is 0 Å². The van der Waals surface area contributed by atoms with E-state index in [-0.39, 0.29) is 11.7 Å². The molecule has 1 unspecified atom stereocenters. The molecule has 1 fully saturated rings. The van der Waals surface area contributed by atoms with Gasteiger partial charge < -0.3 is 40.0 Å². The molecule has 9 nitrogen and oxygen atoms in total. The second kappa shape index (κ2) is 6.96. The number of phenolic OH excluding ortho intramolecular Hbond substituents is 1. The maximum absolute atomic E-state index is 13.2. The smallest absolute Gasteiger partial charge is 0.252 e. The first-order chi connectivity index (χ1) is 16.9. The van der Waals surface area contributed by atoms with Gasteiger partial charge in [-0.1, -0.05) is 18.2 Å². The molecule has 3 aromatic carbocycles. The monoisotopic (exact) mass is 473 g/mol. The average Bonchev–Trinajstić information content (AvgIpc) is 3.51. The molecule has 0 saturated carbocycles. The van der Waals surface area contributed by atoms with Crippen LogP contribution in [0.2, 0.25) is 0 Å². The second-order valence-corrected chi connectivity index (χ2v) is 9.46. The van der Waals surface area contributed by atoms with Crippen molar-refractivity contribution < 1.29 is 30.0 Å². The molecule has 178 valence electrons. The minimum absolute atomic E-state index is 0.0365. The van der Waals surface area contributed by atoms with Crippen molar-refractivity contribution in [3.63, 3.8) is 0 Å². The number of carbonyl (C=O) groups excluding carboxylic acids is 1. The third-order valence-electron chi connectivity index (χ3n) is 7.52. The lowest BCUT2D eigenvalue weighted by molar-refractivity contribution is -0.238. The zero-order chi connectivity index (χ0) is 24.2. The minimum atomic E-state index is -1.43. The van der Waals surface area contributed by atoms with Gasteiger partial charge in [-0.25, -0.2) is 0 Å². The average molecular weight is 473 g/mol. The maximum Gasteiger partial charge on any atom is 0.252 e. The van der Waals surface area contributed by atoms with E-state index in [4.69, 9.17) is 4.74 Å². The maximum atomic E-state index is 13.2. The van der Waals surface area contributed by atoms with Crippen molar-refractivity contribution in [1.82, 2.24) is 14.9 Å². The first kappa shape index (κ1) is 20.7. The number of ether oxygens (including phenoxy) is 1. The number of amides is 1. The number of phenols is 1. The molecule has 2 aliphatic heterocycles. The van der Waals surface area contributed by atoms with Gasteiger partial charge in [-0.05, 0) is 36.8 Å². The number of aliphatic hydroxyl groups excluding tert-OH is 3. The van der Waals surface area contributed by atoms with E-state index in [1.165, 1.54) is 6.07 Å². The van der Waals surface area contributed by atoms with Crippen LogP contribution in [0.4, 0.5) is 0 Å². The molecule has 0 radical (unpaired) electrons. The molecule has 5 atom stereocenters. The molecule has 1 amide bonds. The SMILES string of the molecule is C[C@@H]1OC(n2c3ccc(O)cc3c3c4c(c5c6ccccc6[nH]c5c32)CNC4=O)[C@H](O)[C@H](O)[C@H]1O. The Morgan fingerprint density at radius 2 is 1.80 bits per heavy atom. The van der Waals surface area contributed by atoms with E-state index in [9.17, 15) is 25.2 Å². The van der Waals surface area contributed by atoms with Crippen LogP contribution < -0.4 is 5.32 Å². The van der Waals surface area contributed by atoms with E-state index >= 15 is 0 Å². The molecule has 6 N–H and O–H groups in total. The van der Waals surface area contributed by atoms with Crippen molar-refractivity contribution in [2.75, 3.05) is 0 Å². The highest BCUT2D eigenvalue weighted by Gasteiger charge is 2.44. The van der Waals surface area contributed by atoms with E-state index in [1.807, 2.05) is 24.3 Å². The number of hydrogen-bond acceptors (Lipinski definition) is 6. The summed E-state index contributed by atoms with van der Waals surface area (Å²) in [6.45, 7) is 2.01. The molecule has 5 aromatic rings. The Hall–Kier alpha value is -3.63. The van der Waals surface area contributed by atoms with E-state index in [1.54, 1.807) is 23.6 Å². The van der Waals surface area contributed by atoms with Gasteiger partial charge in [0.25, 0.3) is 5.91 Å². The first-order valence-electron chi connectivity index (χ1n) is 11.6. The summed E-state index contributed by atoms with van der Waals surface area (Å²) in [4.78, 5) is 16.7. The number of nitrogens with zero attached hydrogens (tertiary/aromatic N) is 1. The number of carbonyl (C=O) groups is 1. The summed E-state index contributed by atoms with van der Waals surface area (Å²) in [7, 11) is 0. The predicted octanol–water partition coefficient (Wildman–Crippen LogP) is 2.38. The number of benzene rings is 3. The van der Waals surface area contributed by atoms with Crippen LogP contribution in [-0.4, -0.2) is 60.3 Å². The topological polar surface area (TPSA) is 140 Å².